The van der Waals surface area contributed by atoms with Gasteiger partial charge >= 0.3 is 0 Å². The van der Waals surface area contributed by atoms with E-state index >= 15 is 0 Å². The van der Waals surface area contributed by atoms with Crippen LogP contribution in [0.15, 0.2) is 40.9 Å². The molecule has 5 heteroatoms. The van der Waals surface area contributed by atoms with Gasteiger partial charge in [-0.05, 0) is 18.2 Å². The van der Waals surface area contributed by atoms with Crippen LogP contribution in [0.25, 0.3) is 0 Å². The smallest absolute Gasteiger partial charge is 0.128 e. The van der Waals surface area contributed by atoms with Crippen molar-refractivity contribution in [2.24, 2.45) is 0 Å². The molecule has 2 nitrogen and oxygen atoms in total. The average molecular weight is 374 g/mol. The molecule has 0 spiro atoms. The SMILES string of the molecule is O[C@@H]1CC(c2cccc(Cl)c2Cl)Oc2cc(Br)ccc21. The van der Waals surface area contributed by atoms with Gasteiger partial charge in [0.1, 0.15) is 11.9 Å². The van der Waals surface area contributed by atoms with Gasteiger partial charge < -0.3 is 9.84 Å². The second-order valence-corrected chi connectivity index (χ2v) is 6.38. The largest absolute Gasteiger partial charge is 0.485 e. The number of ether oxygens (including phenoxy) is 1. The molecule has 1 heterocycles. The van der Waals surface area contributed by atoms with Crippen LogP contribution in [0.3, 0.4) is 0 Å². The topological polar surface area (TPSA) is 29.5 Å². The van der Waals surface area contributed by atoms with Crippen LogP contribution < -0.4 is 4.74 Å². The summed E-state index contributed by atoms with van der Waals surface area (Å²) in [6.07, 6.45) is -0.431. The summed E-state index contributed by atoms with van der Waals surface area (Å²) in [6, 6.07) is 11.0. The van der Waals surface area contributed by atoms with Crippen LogP contribution in [0.4, 0.5) is 0 Å². The van der Waals surface area contributed by atoms with E-state index < -0.39 is 6.10 Å². The van der Waals surface area contributed by atoms with Crippen molar-refractivity contribution in [2.75, 3.05) is 0 Å². The Balaban J connectivity index is 2.00. The fourth-order valence-electron chi connectivity index (χ4n) is 2.38. The lowest BCUT2D eigenvalue weighted by atomic mass is 9.95. The fraction of sp³-hybridized carbons (Fsp3) is 0.200. The van der Waals surface area contributed by atoms with Crippen LogP contribution in [0.1, 0.15) is 29.8 Å². The maximum atomic E-state index is 10.3. The lowest BCUT2D eigenvalue weighted by molar-refractivity contribution is 0.0657. The van der Waals surface area contributed by atoms with Crippen molar-refractivity contribution in [3.63, 3.8) is 0 Å². The van der Waals surface area contributed by atoms with Crippen molar-refractivity contribution in [3.8, 4) is 5.75 Å². The first kappa shape index (κ1) is 14.2. The lowest BCUT2D eigenvalue weighted by Gasteiger charge is -2.30. The van der Waals surface area contributed by atoms with Crippen molar-refractivity contribution in [1.82, 2.24) is 0 Å². The first-order valence-electron chi connectivity index (χ1n) is 6.14. The molecule has 0 radical (unpaired) electrons. The molecule has 2 aromatic carbocycles. The van der Waals surface area contributed by atoms with Gasteiger partial charge in [-0.2, -0.15) is 0 Å². The number of benzene rings is 2. The van der Waals surface area contributed by atoms with Gasteiger partial charge in [0.05, 0.1) is 16.1 Å². The molecule has 104 valence electrons. The fourth-order valence-corrected chi connectivity index (χ4v) is 3.15. The second kappa shape index (κ2) is 5.57. The van der Waals surface area contributed by atoms with Crippen molar-refractivity contribution < 1.29 is 9.84 Å². The first-order chi connectivity index (χ1) is 9.56. The Kier molecular flexibility index (Phi) is 3.95. The van der Waals surface area contributed by atoms with Gasteiger partial charge in [-0.3, -0.25) is 0 Å². The van der Waals surface area contributed by atoms with Crippen molar-refractivity contribution in [2.45, 2.75) is 18.6 Å². The Hall–Kier alpha value is -0.740. The minimum Gasteiger partial charge on any atom is -0.485 e. The molecule has 0 saturated carbocycles. The Bertz CT molecular complexity index is 660. The van der Waals surface area contributed by atoms with Gasteiger partial charge in [0, 0.05) is 22.0 Å². The summed E-state index contributed by atoms with van der Waals surface area (Å²) < 4.78 is 6.88. The predicted molar refractivity (Wildman–Crippen MR) is 83.5 cm³/mol. The summed E-state index contributed by atoms with van der Waals surface area (Å²) in [7, 11) is 0. The van der Waals surface area contributed by atoms with E-state index in [1.54, 1.807) is 6.07 Å². The van der Waals surface area contributed by atoms with Crippen molar-refractivity contribution in [1.29, 1.82) is 0 Å². The molecule has 2 atom stereocenters. The summed E-state index contributed by atoms with van der Waals surface area (Å²) in [4.78, 5) is 0. The number of aliphatic hydroxyl groups excluding tert-OH is 1. The van der Waals surface area contributed by atoms with Crippen LogP contribution >= 0.6 is 39.1 Å². The van der Waals surface area contributed by atoms with E-state index in [-0.39, 0.29) is 6.10 Å². The molecule has 0 amide bonds. The Morgan fingerprint density at radius 2 is 1.95 bits per heavy atom. The van der Waals surface area contributed by atoms with E-state index in [1.165, 1.54) is 0 Å². The number of hydrogen-bond acceptors (Lipinski definition) is 2. The highest BCUT2D eigenvalue weighted by Crippen LogP contribution is 2.44. The van der Waals surface area contributed by atoms with Crippen molar-refractivity contribution >= 4 is 39.1 Å². The third-order valence-corrected chi connectivity index (χ3v) is 4.70. The highest BCUT2D eigenvalue weighted by Gasteiger charge is 2.29. The minimum atomic E-state index is -0.577. The average Bonchev–Trinajstić information content (AvgIpc) is 2.41. The highest BCUT2D eigenvalue weighted by atomic mass is 79.9. The summed E-state index contributed by atoms with van der Waals surface area (Å²) in [5, 5.41) is 11.2. The molecular formula is C15H11BrCl2O2. The third kappa shape index (κ3) is 2.56. The zero-order valence-corrected chi connectivity index (χ0v) is 13.4. The summed E-state index contributed by atoms with van der Waals surface area (Å²) in [6.45, 7) is 0. The van der Waals surface area contributed by atoms with Crippen LogP contribution in [0.2, 0.25) is 10.0 Å². The molecule has 3 rings (SSSR count). The molecule has 0 aliphatic carbocycles. The lowest BCUT2D eigenvalue weighted by Crippen LogP contribution is -2.19. The number of halogens is 3. The maximum absolute atomic E-state index is 10.3. The summed E-state index contributed by atoms with van der Waals surface area (Å²) in [5.74, 6) is 0.666. The van der Waals surface area contributed by atoms with Crippen molar-refractivity contribution in [3.05, 3.63) is 62.0 Å². The standard InChI is InChI=1S/C15H11BrCl2O2/c16-8-4-5-9-12(19)7-14(20-13(9)6-8)10-2-1-3-11(17)15(10)18/h1-6,12,14,19H,7H2/t12-,14?/m1/s1. The molecular weight excluding hydrogens is 363 g/mol. The van der Waals surface area contributed by atoms with E-state index in [4.69, 9.17) is 27.9 Å². The minimum absolute atomic E-state index is 0.307. The predicted octanol–water partition coefficient (Wildman–Crippen LogP) is 5.31. The maximum Gasteiger partial charge on any atom is 0.128 e. The van der Waals surface area contributed by atoms with Gasteiger partial charge in [-0.1, -0.05) is 57.3 Å². The van der Waals surface area contributed by atoms with E-state index in [9.17, 15) is 5.11 Å². The van der Waals surface area contributed by atoms with E-state index in [2.05, 4.69) is 15.9 Å². The molecule has 20 heavy (non-hydrogen) atoms. The van der Waals surface area contributed by atoms with Crippen LogP contribution in [0.5, 0.6) is 5.75 Å². The molecule has 0 aromatic heterocycles. The zero-order valence-electron chi connectivity index (χ0n) is 10.3. The van der Waals surface area contributed by atoms with Crippen LogP contribution in [-0.4, -0.2) is 5.11 Å². The van der Waals surface area contributed by atoms with Gasteiger partial charge in [-0.15, -0.1) is 0 Å². The molecule has 1 aliphatic rings. The Labute approximate surface area is 135 Å². The molecule has 0 saturated heterocycles. The van der Waals surface area contributed by atoms with Gasteiger partial charge in [0.25, 0.3) is 0 Å². The third-order valence-electron chi connectivity index (χ3n) is 3.37. The first-order valence-corrected chi connectivity index (χ1v) is 7.69. The van der Waals surface area contributed by atoms with Gasteiger partial charge in [-0.25, -0.2) is 0 Å². The molecule has 1 N–H and O–H groups in total. The molecule has 0 fully saturated rings. The zero-order chi connectivity index (χ0) is 14.3. The normalized spacial score (nSPS) is 21.2. The molecule has 1 unspecified atom stereocenters. The molecule has 2 aromatic rings. The molecule has 1 aliphatic heterocycles. The Morgan fingerprint density at radius 1 is 1.15 bits per heavy atom. The van der Waals surface area contributed by atoms with E-state index in [0.29, 0.717) is 22.2 Å². The number of fused-ring (bicyclic) bond motifs is 1. The van der Waals surface area contributed by atoms with Gasteiger partial charge in [0.2, 0.25) is 0 Å². The number of aliphatic hydroxyl groups is 1. The quantitative estimate of drug-likeness (QED) is 0.733. The van der Waals surface area contributed by atoms with E-state index in [0.717, 1.165) is 15.6 Å². The Morgan fingerprint density at radius 3 is 2.75 bits per heavy atom. The van der Waals surface area contributed by atoms with Crippen LogP contribution in [-0.2, 0) is 0 Å². The number of rotatable bonds is 1. The number of hydrogen-bond donors (Lipinski definition) is 1. The summed E-state index contributed by atoms with van der Waals surface area (Å²) in [5.41, 5.74) is 1.59. The van der Waals surface area contributed by atoms with E-state index in [1.807, 2.05) is 30.3 Å². The summed E-state index contributed by atoms with van der Waals surface area (Å²) >= 11 is 15.7. The van der Waals surface area contributed by atoms with Crippen LogP contribution in [0, 0.1) is 0 Å². The molecule has 0 bridgehead atoms. The second-order valence-electron chi connectivity index (χ2n) is 4.68. The monoisotopic (exact) mass is 372 g/mol. The highest BCUT2D eigenvalue weighted by molar-refractivity contribution is 9.10. The van der Waals surface area contributed by atoms with Gasteiger partial charge in [0.15, 0.2) is 0 Å².